The summed E-state index contributed by atoms with van der Waals surface area (Å²) in [6.07, 6.45) is 1.75. The second-order valence-electron chi connectivity index (χ2n) is 4.26. The average molecular weight is 310 g/mol. The number of rotatable bonds is 3. The van der Waals surface area contributed by atoms with Crippen molar-refractivity contribution in [1.29, 1.82) is 5.26 Å². The maximum absolute atomic E-state index is 9.45. The van der Waals surface area contributed by atoms with E-state index in [0.717, 1.165) is 20.1 Å². The van der Waals surface area contributed by atoms with Gasteiger partial charge in [-0.15, -0.1) is 11.3 Å². The van der Waals surface area contributed by atoms with Crippen molar-refractivity contribution in [2.45, 2.75) is 4.34 Å². The average Bonchev–Trinajstić information content (AvgIpc) is 2.89. The summed E-state index contributed by atoms with van der Waals surface area (Å²) >= 11 is 2.91. The summed E-state index contributed by atoms with van der Waals surface area (Å²) in [7, 11) is 0. The van der Waals surface area contributed by atoms with E-state index in [0.29, 0.717) is 4.91 Å². The monoisotopic (exact) mass is 310 g/mol. The number of thiazole rings is 1. The molecule has 5 heteroatoms. The minimum absolute atomic E-state index is 0.186. The highest BCUT2D eigenvalue weighted by atomic mass is 32.2. The highest BCUT2D eigenvalue weighted by Gasteiger charge is 2.07. The lowest BCUT2D eigenvalue weighted by Gasteiger charge is -1.97. The Morgan fingerprint density at radius 3 is 2.86 bits per heavy atom. The fourth-order valence-corrected chi connectivity index (χ4v) is 3.81. The predicted molar refractivity (Wildman–Crippen MR) is 87.2 cm³/mol. The molecule has 0 amide bonds. The lowest BCUT2D eigenvalue weighted by Crippen LogP contribution is -1.76. The van der Waals surface area contributed by atoms with Crippen molar-refractivity contribution in [3.63, 3.8) is 0 Å². The van der Waals surface area contributed by atoms with Gasteiger partial charge in [-0.25, -0.2) is 4.98 Å². The van der Waals surface area contributed by atoms with Gasteiger partial charge >= 0.3 is 0 Å². The van der Waals surface area contributed by atoms with E-state index in [9.17, 15) is 10.4 Å². The first-order valence-electron chi connectivity index (χ1n) is 6.19. The number of hydrogen-bond donors (Lipinski definition) is 1. The van der Waals surface area contributed by atoms with Gasteiger partial charge in [-0.1, -0.05) is 24.3 Å². The molecule has 2 aromatic carbocycles. The molecule has 0 aliphatic rings. The number of fused-ring (bicyclic) bond motifs is 1. The Morgan fingerprint density at radius 2 is 2.10 bits per heavy atom. The molecule has 102 valence electrons. The molecular formula is C16H10N2OS2. The summed E-state index contributed by atoms with van der Waals surface area (Å²) in [5.41, 5.74) is 1.74. The van der Waals surface area contributed by atoms with Crippen molar-refractivity contribution in [1.82, 2.24) is 4.98 Å². The number of phenols is 1. The number of hydrogen-bond acceptors (Lipinski definition) is 5. The topological polar surface area (TPSA) is 56.9 Å². The van der Waals surface area contributed by atoms with Crippen molar-refractivity contribution < 1.29 is 5.11 Å². The smallest absolute Gasteiger partial charge is 0.156 e. The van der Waals surface area contributed by atoms with Crippen molar-refractivity contribution in [3.8, 4) is 11.8 Å². The summed E-state index contributed by atoms with van der Waals surface area (Å²) in [5, 5.41) is 18.7. The van der Waals surface area contributed by atoms with Gasteiger partial charge in [0.15, 0.2) is 4.34 Å². The number of nitrogens with zero attached hydrogens (tertiary/aromatic N) is 2. The van der Waals surface area contributed by atoms with E-state index < -0.39 is 0 Å². The van der Waals surface area contributed by atoms with Gasteiger partial charge in [-0.3, -0.25) is 0 Å². The third-order valence-corrected chi connectivity index (χ3v) is 4.78. The van der Waals surface area contributed by atoms with Crippen molar-refractivity contribution in [2.75, 3.05) is 0 Å². The normalized spacial score (nSPS) is 11.5. The number of aromatic hydroxyl groups is 1. The Kier molecular flexibility index (Phi) is 3.91. The Hall–Kier alpha value is -2.29. The molecule has 0 fully saturated rings. The molecule has 1 N–H and O–H groups in total. The molecule has 0 spiro atoms. The number of phenolic OH excluding ortho intramolecular Hbond substituents is 1. The van der Waals surface area contributed by atoms with E-state index >= 15 is 0 Å². The summed E-state index contributed by atoms with van der Waals surface area (Å²) in [6.45, 7) is 0. The second kappa shape index (κ2) is 6.00. The molecule has 21 heavy (non-hydrogen) atoms. The third kappa shape index (κ3) is 3.24. The molecule has 0 aliphatic carbocycles. The first-order valence-corrected chi connectivity index (χ1v) is 7.82. The van der Waals surface area contributed by atoms with Crippen LogP contribution in [0.15, 0.2) is 57.8 Å². The molecule has 0 saturated carbocycles. The van der Waals surface area contributed by atoms with Crippen LogP contribution >= 0.6 is 23.1 Å². The Labute approximate surface area is 130 Å². The van der Waals surface area contributed by atoms with Gasteiger partial charge < -0.3 is 5.11 Å². The van der Waals surface area contributed by atoms with Crippen molar-refractivity contribution >= 4 is 39.4 Å². The standard InChI is InChI=1S/C16H10N2OS2/c17-10-13(9-11-4-3-5-12(19)8-11)20-16-18-14-6-1-2-7-15(14)21-16/h1-9,19H. The number of nitriles is 1. The van der Waals surface area contributed by atoms with Crippen LogP contribution in [-0.4, -0.2) is 10.1 Å². The molecule has 0 unspecified atom stereocenters. The highest BCUT2D eigenvalue weighted by molar-refractivity contribution is 8.05. The van der Waals surface area contributed by atoms with E-state index in [2.05, 4.69) is 11.1 Å². The second-order valence-corrected chi connectivity index (χ2v) is 6.58. The quantitative estimate of drug-likeness (QED) is 0.564. The molecule has 0 bridgehead atoms. The van der Waals surface area contributed by atoms with Crippen LogP contribution in [0, 0.1) is 11.3 Å². The molecule has 1 heterocycles. The Morgan fingerprint density at radius 1 is 1.24 bits per heavy atom. The number of allylic oxidation sites excluding steroid dienone is 1. The molecule has 0 atom stereocenters. The van der Waals surface area contributed by atoms with Crippen LogP contribution in [0.4, 0.5) is 0 Å². The molecular weight excluding hydrogens is 300 g/mol. The lowest BCUT2D eigenvalue weighted by atomic mass is 10.2. The zero-order valence-corrected chi connectivity index (χ0v) is 12.5. The lowest BCUT2D eigenvalue weighted by molar-refractivity contribution is 0.475. The van der Waals surface area contributed by atoms with E-state index in [1.807, 2.05) is 30.3 Å². The fourth-order valence-electron chi connectivity index (χ4n) is 1.84. The van der Waals surface area contributed by atoms with Crippen LogP contribution < -0.4 is 0 Å². The minimum atomic E-state index is 0.186. The van der Waals surface area contributed by atoms with E-state index in [-0.39, 0.29) is 5.75 Å². The van der Waals surface area contributed by atoms with Crippen molar-refractivity contribution in [2.24, 2.45) is 0 Å². The van der Waals surface area contributed by atoms with E-state index in [1.54, 1.807) is 35.6 Å². The maximum atomic E-state index is 9.45. The van der Waals surface area contributed by atoms with Crippen LogP contribution in [-0.2, 0) is 0 Å². The van der Waals surface area contributed by atoms with Gasteiger partial charge in [-0.05, 0) is 47.7 Å². The molecule has 1 aromatic heterocycles. The Balaban J connectivity index is 1.89. The largest absolute Gasteiger partial charge is 0.508 e. The van der Waals surface area contributed by atoms with E-state index in [4.69, 9.17) is 0 Å². The number of para-hydroxylation sites is 1. The van der Waals surface area contributed by atoms with Gasteiger partial charge in [0.05, 0.1) is 15.1 Å². The molecule has 3 aromatic rings. The molecule has 3 nitrogen and oxygen atoms in total. The SMILES string of the molecule is N#CC(=Cc1cccc(O)c1)Sc1nc2ccccc2s1. The minimum Gasteiger partial charge on any atom is -0.508 e. The van der Waals surface area contributed by atoms with Gasteiger partial charge in [0.2, 0.25) is 0 Å². The first kappa shape index (κ1) is 13.7. The maximum Gasteiger partial charge on any atom is 0.156 e. The van der Waals surface area contributed by atoms with Crippen LogP contribution in [0.3, 0.4) is 0 Å². The third-order valence-electron chi connectivity index (χ3n) is 2.75. The van der Waals surface area contributed by atoms with Crippen LogP contribution in [0.2, 0.25) is 0 Å². The van der Waals surface area contributed by atoms with E-state index in [1.165, 1.54) is 11.8 Å². The number of benzene rings is 2. The molecule has 0 saturated heterocycles. The zero-order valence-electron chi connectivity index (χ0n) is 10.9. The fraction of sp³-hybridized carbons (Fsp3) is 0. The Bertz CT molecular complexity index is 829. The molecule has 0 aliphatic heterocycles. The van der Waals surface area contributed by atoms with Crippen LogP contribution in [0.25, 0.3) is 16.3 Å². The van der Waals surface area contributed by atoms with Gasteiger partial charge in [0.1, 0.15) is 11.8 Å². The molecule has 0 radical (unpaired) electrons. The van der Waals surface area contributed by atoms with Crippen LogP contribution in [0.1, 0.15) is 5.56 Å². The summed E-state index contributed by atoms with van der Waals surface area (Å²) < 4.78 is 1.94. The number of thioether (sulfide) groups is 1. The first-order chi connectivity index (χ1) is 10.2. The van der Waals surface area contributed by atoms with Crippen molar-refractivity contribution in [3.05, 3.63) is 59.0 Å². The van der Waals surface area contributed by atoms with Gasteiger partial charge in [0, 0.05) is 0 Å². The summed E-state index contributed by atoms with van der Waals surface area (Å²) in [5.74, 6) is 0.186. The van der Waals surface area contributed by atoms with Crippen LogP contribution in [0.5, 0.6) is 5.75 Å². The zero-order chi connectivity index (χ0) is 14.7. The highest BCUT2D eigenvalue weighted by Crippen LogP contribution is 2.34. The summed E-state index contributed by atoms with van der Waals surface area (Å²) in [4.78, 5) is 5.04. The molecule has 3 rings (SSSR count). The van der Waals surface area contributed by atoms with Gasteiger partial charge in [0.25, 0.3) is 0 Å². The van der Waals surface area contributed by atoms with Gasteiger partial charge in [-0.2, -0.15) is 5.26 Å². The number of aromatic nitrogens is 1. The summed E-state index contributed by atoms with van der Waals surface area (Å²) in [6, 6.07) is 16.9. The predicted octanol–water partition coefficient (Wildman–Crippen LogP) is 4.66.